The molecule has 0 radical (unpaired) electrons. The first kappa shape index (κ1) is 34.1. The normalized spacial score (nSPS) is 18.1. The number of sulfone groups is 1. The Labute approximate surface area is 273 Å². The number of benzene rings is 3. The van der Waals surface area contributed by atoms with Crippen molar-refractivity contribution in [2.45, 2.75) is 41.5 Å². The number of carboxylic acids is 1. The van der Waals surface area contributed by atoms with Gasteiger partial charge in [-0.05, 0) is 78.9 Å². The molecule has 0 spiro atoms. The van der Waals surface area contributed by atoms with Crippen LogP contribution in [0.2, 0.25) is 0 Å². The number of carbonyl (C=O) groups is 4. The van der Waals surface area contributed by atoms with E-state index in [1.165, 1.54) is 37.4 Å². The van der Waals surface area contributed by atoms with Gasteiger partial charge in [0.05, 0.1) is 42.0 Å². The predicted molar refractivity (Wildman–Crippen MR) is 167 cm³/mol. The largest absolute Gasteiger partial charge is 0.494 e. The number of aliphatic carboxylic acids is 1. The average molecular weight is 687 g/mol. The number of halogens is 2. The minimum Gasteiger partial charge on any atom is -0.494 e. The van der Waals surface area contributed by atoms with E-state index < -0.39 is 68.6 Å². The van der Waals surface area contributed by atoms with Gasteiger partial charge in [0.1, 0.15) is 11.9 Å². The van der Waals surface area contributed by atoms with Crippen molar-refractivity contribution in [2.75, 3.05) is 31.4 Å². The van der Waals surface area contributed by atoms with Crippen molar-refractivity contribution < 1.29 is 51.0 Å². The Kier molecular flexibility index (Phi) is 9.57. The molecule has 16 heteroatoms. The molecule has 5 rings (SSSR count). The molecule has 48 heavy (non-hydrogen) atoms. The molecule has 5 N–H and O–H groups in total. The zero-order valence-corrected chi connectivity index (χ0v) is 26.6. The van der Waals surface area contributed by atoms with Crippen LogP contribution in [-0.2, 0) is 24.2 Å². The Hall–Kier alpha value is -5.25. The third kappa shape index (κ3) is 6.74. The molecule has 254 valence electrons. The number of hydrogen-bond acceptors (Lipinski definition) is 9. The van der Waals surface area contributed by atoms with Gasteiger partial charge in [0.25, 0.3) is 0 Å². The van der Waals surface area contributed by atoms with Gasteiger partial charge < -0.3 is 30.5 Å². The molecular formula is C32H32F2N4O9S. The summed E-state index contributed by atoms with van der Waals surface area (Å²) in [5.74, 6) is -6.20. The van der Waals surface area contributed by atoms with E-state index in [1.807, 2.05) is 0 Å². The first-order valence-corrected chi connectivity index (χ1v) is 16.3. The van der Waals surface area contributed by atoms with Gasteiger partial charge in [0, 0.05) is 17.8 Å². The van der Waals surface area contributed by atoms with Crippen LogP contribution < -0.4 is 21.1 Å². The van der Waals surface area contributed by atoms with Crippen molar-refractivity contribution in [3.8, 4) is 5.75 Å². The summed E-state index contributed by atoms with van der Waals surface area (Å²) in [6.07, 6.45) is -0.168. The van der Waals surface area contributed by atoms with E-state index >= 15 is 4.39 Å². The second kappa shape index (κ2) is 13.5. The van der Waals surface area contributed by atoms with Gasteiger partial charge in [-0.2, -0.15) is 0 Å². The third-order valence-electron chi connectivity index (χ3n) is 8.33. The summed E-state index contributed by atoms with van der Waals surface area (Å²) in [5.41, 5.74) is 5.08. The number of ether oxygens (including phenoxy) is 2. The highest BCUT2D eigenvalue weighted by Gasteiger charge is 2.48. The molecule has 0 bridgehead atoms. The minimum absolute atomic E-state index is 0.0496. The fourth-order valence-electron chi connectivity index (χ4n) is 5.78. The topological polar surface area (TPSA) is 194 Å². The lowest BCUT2D eigenvalue weighted by Crippen LogP contribution is -2.40. The highest BCUT2D eigenvalue weighted by Crippen LogP contribution is 2.45. The standard InChI is InChI=1S/C32H32F2N4O9S/c1-46-25-14-16(3-9-23(25)34)27(37-24-13-17(29(35)39)4-8-22(24)33)30(40)38-12-11-20(31(41)42)28(38)21-15-18(36-32(43)47-2)5-10-26(21)48(44,45)19-6-7-19/h3-5,8-10,13-15,19-20,27-28,37H,6-7,11-12H2,1-2H3,(H2,35,39)(H,36,43)(H,41,42)/t20-,27?,28+/m0/s1. The number of likely N-dealkylation sites (tertiary alicyclic amines) is 1. The Morgan fingerprint density at radius 1 is 0.979 bits per heavy atom. The summed E-state index contributed by atoms with van der Waals surface area (Å²) in [7, 11) is -1.65. The van der Waals surface area contributed by atoms with E-state index in [9.17, 15) is 37.1 Å². The number of primary amides is 1. The summed E-state index contributed by atoms with van der Waals surface area (Å²) < 4.78 is 66.6. The highest BCUT2D eigenvalue weighted by atomic mass is 32.2. The maximum Gasteiger partial charge on any atom is 0.411 e. The summed E-state index contributed by atoms with van der Waals surface area (Å²) in [5, 5.41) is 14.8. The second-order valence-electron chi connectivity index (χ2n) is 11.4. The third-order valence-corrected chi connectivity index (χ3v) is 10.7. The Morgan fingerprint density at radius 3 is 2.31 bits per heavy atom. The van der Waals surface area contributed by atoms with Crippen molar-refractivity contribution in [3.63, 3.8) is 0 Å². The zero-order valence-electron chi connectivity index (χ0n) is 25.7. The summed E-state index contributed by atoms with van der Waals surface area (Å²) in [6.45, 7) is -0.168. The van der Waals surface area contributed by atoms with Gasteiger partial charge in [0.2, 0.25) is 11.8 Å². The van der Waals surface area contributed by atoms with Crippen LogP contribution in [0, 0.1) is 17.6 Å². The number of carboxylic acid groups (broad SMARTS) is 1. The van der Waals surface area contributed by atoms with Crippen molar-refractivity contribution >= 4 is 45.1 Å². The average Bonchev–Trinajstić information content (AvgIpc) is 3.83. The maximum absolute atomic E-state index is 15.1. The summed E-state index contributed by atoms with van der Waals surface area (Å²) in [6, 6.07) is 7.61. The number of carbonyl (C=O) groups excluding carboxylic acids is 3. The number of nitrogens with one attached hydrogen (secondary N) is 2. The zero-order chi connectivity index (χ0) is 34.9. The van der Waals surface area contributed by atoms with Crippen LogP contribution in [0.5, 0.6) is 5.75 Å². The highest BCUT2D eigenvalue weighted by molar-refractivity contribution is 7.92. The molecule has 3 atom stereocenters. The minimum atomic E-state index is -3.98. The van der Waals surface area contributed by atoms with Crippen LogP contribution in [-0.4, -0.2) is 68.3 Å². The molecule has 2 fully saturated rings. The molecule has 1 saturated heterocycles. The van der Waals surface area contributed by atoms with Crippen LogP contribution >= 0.6 is 0 Å². The van der Waals surface area contributed by atoms with Crippen molar-refractivity contribution in [1.82, 2.24) is 4.90 Å². The molecule has 3 aromatic carbocycles. The number of nitrogens with zero attached hydrogens (tertiary/aromatic N) is 1. The van der Waals surface area contributed by atoms with Crippen LogP contribution in [0.25, 0.3) is 0 Å². The van der Waals surface area contributed by atoms with E-state index in [2.05, 4.69) is 15.4 Å². The molecule has 3 aromatic rings. The quantitative estimate of drug-likeness (QED) is 0.229. The fourth-order valence-corrected chi connectivity index (χ4v) is 7.66. The molecule has 1 unspecified atom stereocenters. The van der Waals surface area contributed by atoms with E-state index in [0.717, 1.165) is 36.3 Å². The van der Waals surface area contributed by atoms with Crippen molar-refractivity contribution in [2.24, 2.45) is 11.7 Å². The van der Waals surface area contributed by atoms with Crippen LogP contribution in [0.1, 0.15) is 52.8 Å². The lowest BCUT2D eigenvalue weighted by Gasteiger charge is -2.33. The van der Waals surface area contributed by atoms with Gasteiger partial charge in [-0.1, -0.05) is 6.07 Å². The molecule has 2 aliphatic rings. The molecular weight excluding hydrogens is 654 g/mol. The Balaban J connectivity index is 1.67. The van der Waals surface area contributed by atoms with E-state index in [1.54, 1.807) is 0 Å². The number of nitrogens with two attached hydrogens (primary N) is 1. The number of anilines is 2. The predicted octanol–water partition coefficient (Wildman–Crippen LogP) is 4.01. The smallest absolute Gasteiger partial charge is 0.411 e. The van der Waals surface area contributed by atoms with E-state index in [4.69, 9.17) is 10.5 Å². The Morgan fingerprint density at radius 2 is 1.69 bits per heavy atom. The molecule has 1 aliphatic carbocycles. The first-order chi connectivity index (χ1) is 22.8. The number of amides is 3. The van der Waals surface area contributed by atoms with Crippen molar-refractivity contribution in [3.05, 3.63) is 82.9 Å². The van der Waals surface area contributed by atoms with E-state index in [0.29, 0.717) is 12.8 Å². The lowest BCUT2D eigenvalue weighted by atomic mass is 9.92. The van der Waals surface area contributed by atoms with E-state index in [-0.39, 0.29) is 51.7 Å². The monoisotopic (exact) mass is 686 g/mol. The number of rotatable bonds is 11. The van der Waals surface area contributed by atoms with Gasteiger partial charge >= 0.3 is 12.1 Å². The second-order valence-corrected chi connectivity index (χ2v) is 13.6. The maximum atomic E-state index is 15.1. The van der Waals surface area contributed by atoms with Gasteiger partial charge in [0.15, 0.2) is 21.4 Å². The summed E-state index contributed by atoms with van der Waals surface area (Å²) >= 11 is 0. The SMILES string of the molecule is COC(=O)Nc1ccc(S(=O)(=O)C2CC2)c([C@H]2[C@@H](C(=O)O)CCN2C(=O)C(Nc2cc(C(N)=O)ccc2F)c2ccc(F)c(OC)c2)c1. The molecule has 0 aromatic heterocycles. The van der Waals surface area contributed by atoms with Crippen molar-refractivity contribution in [1.29, 1.82) is 0 Å². The lowest BCUT2D eigenvalue weighted by molar-refractivity contribution is -0.143. The van der Waals surface area contributed by atoms with Gasteiger partial charge in [-0.3, -0.25) is 19.7 Å². The molecule has 3 amide bonds. The van der Waals surface area contributed by atoms with Crippen LogP contribution in [0.4, 0.5) is 25.0 Å². The van der Waals surface area contributed by atoms with Gasteiger partial charge in [-0.15, -0.1) is 0 Å². The van der Waals surface area contributed by atoms with Gasteiger partial charge in [-0.25, -0.2) is 22.0 Å². The fraction of sp³-hybridized carbons (Fsp3) is 0.312. The first-order valence-electron chi connectivity index (χ1n) is 14.7. The molecule has 13 nitrogen and oxygen atoms in total. The summed E-state index contributed by atoms with van der Waals surface area (Å²) in [4.78, 5) is 52.1. The number of hydrogen-bond donors (Lipinski definition) is 4. The molecule has 1 aliphatic heterocycles. The van der Waals surface area contributed by atoms with Crippen LogP contribution in [0.15, 0.2) is 59.5 Å². The Bertz CT molecular complexity index is 1900. The number of methoxy groups -OCH3 is 2. The molecule has 1 heterocycles. The molecule has 1 saturated carbocycles. The van der Waals surface area contributed by atoms with Crippen LogP contribution in [0.3, 0.4) is 0 Å².